The number of hydrogen-bond donors (Lipinski definition) is 9. The summed E-state index contributed by atoms with van der Waals surface area (Å²) in [7, 11) is 2.45. The molecule has 0 aromatic rings. The lowest BCUT2D eigenvalue weighted by molar-refractivity contribution is -0.211. The van der Waals surface area contributed by atoms with Gasteiger partial charge in [0.25, 0.3) is 5.91 Å². The van der Waals surface area contributed by atoms with Crippen molar-refractivity contribution in [3.63, 3.8) is 0 Å². The molecule has 10 N–H and O–H groups in total. The Bertz CT molecular complexity index is 480. The van der Waals surface area contributed by atoms with Crippen molar-refractivity contribution in [2.45, 2.75) is 56.3 Å². The largest absolute Gasteiger partial charge is 0.455 e. The summed E-state index contributed by atoms with van der Waals surface area (Å²) in [5.41, 5.74) is 1.63. The van der Waals surface area contributed by atoms with Gasteiger partial charge in [0.1, 0.15) is 30.5 Å². The summed E-state index contributed by atoms with van der Waals surface area (Å²) in [6, 6.07) is 0. The van der Waals surface area contributed by atoms with Gasteiger partial charge in [-0.25, -0.2) is 10.6 Å². The molecular formula is C15H32N2O12. The highest BCUT2D eigenvalue weighted by atomic mass is 16.6. The lowest BCUT2D eigenvalue weighted by Crippen LogP contribution is -2.57. The monoisotopic (exact) mass is 432 g/mol. The number of carbonyl (C=O) groups excluding carboxylic acids is 2. The quantitative estimate of drug-likeness (QED) is 0.0752. The molecule has 0 saturated carbocycles. The van der Waals surface area contributed by atoms with Crippen molar-refractivity contribution in [1.82, 2.24) is 5.43 Å². The number of methoxy groups -OCH3 is 2. The van der Waals surface area contributed by atoms with Crippen molar-refractivity contribution in [3.05, 3.63) is 0 Å². The Morgan fingerprint density at radius 1 is 1.24 bits per heavy atom. The summed E-state index contributed by atoms with van der Waals surface area (Å²) in [6.07, 6.45) is -11.0. The summed E-state index contributed by atoms with van der Waals surface area (Å²) in [6.45, 7) is -1.12. The number of cyclic esters (lactones) is 1. The van der Waals surface area contributed by atoms with Gasteiger partial charge < -0.3 is 50.0 Å². The zero-order valence-electron chi connectivity index (χ0n) is 15.3. The Hall–Kier alpha value is -1.46. The molecule has 0 bridgehead atoms. The lowest BCUT2D eigenvalue weighted by atomic mass is 10.00. The van der Waals surface area contributed by atoms with Gasteiger partial charge in [0.2, 0.25) is 0 Å². The standard InChI is InChI=1S/C7H16N2O6.C7H12O6.CH4/c1-15-6(3(11)2-10)4(12)5(13)7(14)9-8;1-12-6-3(2-8)13-7(11)5(10)4(6)9;/h3-6,10-13H,2,8H2,1H3,(H,9,14);3-6,8-10H,2H2,1H3;1H4/t2*3?,4-,5?,6-;/m11./s1. The van der Waals surface area contributed by atoms with E-state index in [1.54, 1.807) is 5.43 Å². The van der Waals surface area contributed by atoms with E-state index in [1.165, 1.54) is 7.11 Å². The van der Waals surface area contributed by atoms with Gasteiger partial charge in [-0.15, -0.1) is 0 Å². The molecule has 174 valence electrons. The first-order chi connectivity index (χ1) is 13.1. The molecule has 1 aliphatic heterocycles. The number of ether oxygens (including phenoxy) is 3. The summed E-state index contributed by atoms with van der Waals surface area (Å²) in [5, 5.41) is 63.6. The minimum Gasteiger partial charge on any atom is -0.455 e. The third kappa shape index (κ3) is 8.06. The zero-order chi connectivity index (χ0) is 22.0. The average Bonchev–Trinajstić information content (AvgIpc) is 2.71. The van der Waals surface area contributed by atoms with Gasteiger partial charge in [-0.2, -0.15) is 0 Å². The maximum Gasteiger partial charge on any atom is 0.338 e. The van der Waals surface area contributed by atoms with Crippen LogP contribution < -0.4 is 11.3 Å². The van der Waals surface area contributed by atoms with Crippen LogP contribution in [0, 0.1) is 0 Å². The SMILES string of the molecule is C.CO[C@@H]1C(CO)OC(=O)C(O)[C@H]1O.CO[C@H](C(O)CO)[C@H](O)C(O)C(=O)NN. The molecule has 8 atom stereocenters. The zero-order valence-corrected chi connectivity index (χ0v) is 15.3. The number of aliphatic hydroxyl groups excluding tert-OH is 7. The molecule has 0 radical (unpaired) electrons. The van der Waals surface area contributed by atoms with Gasteiger partial charge in [0.05, 0.1) is 13.2 Å². The van der Waals surface area contributed by atoms with Crippen molar-refractivity contribution in [2.75, 3.05) is 27.4 Å². The fraction of sp³-hybridized carbons (Fsp3) is 0.867. The predicted molar refractivity (Wildman–Crippen MR) is 94.7 cm³/mol. The van der Waals surface area contributed by atoms with E-state index < -0.39 is 73.9 Å². The number of aliphatic hydroxyl groups is 7. The van der Waals surface area contributed by atoms with Gasteiger partial charge in [-0.05, 0) is 0 Å². The molecule has 1 rings (SSSR count). The molecule has 1 saturated heterocycles. The van der Waals surface area contributed by atoms with Crippen LogP contribution in [-0.4, -0.2) is 124 Å². The van der Waals surface area contributed by atoms with E-state index in [9.17, 15) is 30.0 Å². The number of hydrazine groups is 1. The van der Waals surface area contributed by atoms with Crippen LogP contribution >= 0.6 is 0 Å². The van der Waals surface area contributed by atoms with Crippen LogP contribution in [0.4, 0.5) is 0 Å². The fourth-order valence-electron chi connectivity index (χ4n) is 2.31. The highest BCUT2D eigenvalue weighted by Crippen LogP contribution is 2.18. The van der Waals surface area contributed by atoms with E-state index in [2.05, 4.69) is 9.47 Å². The van der Waals surface area contributed by atoms with Crippen LogP contribution in [0.3, 0.4) is 0 Å². The highest BCUT2D eigenvalue weighted by molar-refractivity contribution is 5.80. The predicted octanol–water partition coefficient (Wildman–Crippen LogP) is -5.66. The maximum absolute atomic E-state index is 10.8. The first-order valence-electron chi connectivity index (χ1n) is 7.99. The average molecular weight is 432 g/mol. The van der Waals surface area contributed by atoms with E-state index >= 15 is 0 Å². The highest BCUT2D eigenvalue weighted by Gasteiger charge is 2.44. The van der Waals surface area contributed by atoms with Crippen molar-refractivity contribution in [2.24, 2.45) is 5.84 Å². The van der Waals surface area contributed by atoms with Crippen molar-refractivity contribution >= 4 is 11.9 Å². The van der Waals surface area contributed by atoms with Crippen LogP contribution in [0.1, 0.15) is 7.43 Å². The van der Waals surface area contributed by atoms with E-state index in [0.717, 1.165) is 7.11 Å². The molecule has 0 spiro atoms. The normalized spacial score (nSPS) is 27.9. The fourth-order valence-corrected chi connectivity index (χ4v) is 2.31. The molecule has 14 nitrogen and oxygen atoms in total. The third-order valence-electron chi connectivity index (χ3n) is 3.90. The number of nitrogens with two attached hydrogens (primary N) is 1. The number of rotatable bonds is 8. The van der Waals surface area contributed by atoms with Gasteiger partial charge >= 0.3 is 5.97 Å². The smallest absolute Gasteiger partial charge is 0.338 e. The van der Waals surface area contributed by atoms with Crippen LogP contribution in [0.2, 0.25) is 0 Å². The Morgan fingerprint density at radius 3 is 2.17 bits per heavy atom. The molecule has 1 aliphatic rings. The van der Waals surface area contributed by atoms with E-state index in [4.69, 9.17) is 25.9 Å². The molecule has 1 amide bonds. The Morgan fingerprint density at radius 2 is 1.79 bits per heavy atom. The first-order valence-corrected chi connectivity index (χ1v) is 7.99. The Balaban J connectivity index is 0. The van der Waals surface area contributed by atoms with E-state index in [-0.39, 0.29) is 7.43 Å². The number of hydrogen-bond acceptors (Lipinski definition) is 13. The Labute approximate surface area is 167 Å². The minimum atomic E-state index is -1.85. The summed E-state index contributed by atoms with van der Waals surface area (Å²) in [5.74, 6) is 2.77. The van der Waals surface area contributed by atoms with Gasteiger partial charge in [-0.1, -0.05) is 7.43 Å². The minimum absolute atomic E-state index is 0. The lowest BCUT2D eigenvalue weighted by Gasteiger charge is -2.35. The van der Waals surface area contributed by atoms with Crippen molar-refractivity contribution < 1.29 is 59.5 Å². The van der Waals surface area contributed by atoms with Gasteiger partial charge in [0, 0.05) is 14.2 Å². The first kappa shape index (κ1) is 29.7. The van der Waals surface area contributed by atoms with Crippen LogP contribution in [0.5, 0.6) is 0 Å². The van der Waals surface area contributed by atoms with Crippen LogP contribution in [0.25, 0.3) is 0 Å². The third-order valence-corrected chi connectivity index (χ3v) is 3.90. The van der Waals surface area contributed by atoms with Crippen LogP contribution in [-0.2, 0) is 23.8 Å². The van der Waals surface area contributed by atoms with Crippen molar-refractivity contribution in [1.29, 1.82) is 0 Å². The molecule has 1 fully saturated rings. The van der Waals surface area contributed by atoms with Gasteiger partial charge in [-0.3, -0.25) is 10.2 Å². The van der Waals surface area contributed by atoms with Crippen LogP contribution in [0.15, 0.2) is 0 Å². The second-order valence-electron chi connectivity index (χ2n) is 5.69. The summed E-state index contributed by atoms with van der Waals surface area (Å²) < 4.78 is 14.0. The second-order valence-corrected chi connectivity index (χ2v) is 5.69. The Kier molecular flexibility index (Phi) is 14.9. The molecule has 0 aromatic carbocycles. The van der Waals surface area contributed by atoms with E-state index in [0.29, 0.717) is 0 Å². The molecule has 1 heterocycles. The number of amides is 1. The second kappa shape index (κ2) is 14.5. The van der Waals surface area contributed by atoms with Gasteiger partial charge in [0.15, 0.2) is 18.3 Å². The number of esters is 1. The molecule has 0 aliphatic carbocycles. The summed E-state index contributed by atoms with van der Waals surface area (Å²) in [4.78, 5) is 21.7. The topological polar surface area (TPSA) is 241 Å². The molecule has 4 unspecified atom stereocenters. The molecule has 0 aromatic heterocycles. The molecule has 14 heteroatoms. The number of nitrogens with one attached hydrogen (secondary N) is 1. The summed E-state index contributed by atoms with van der Waals surface area (Å²) >= 11 is 0. The maximum atomic E-state index is 10.8. The number of carbonyl (C=O) groups is 2. The van der Waals surface area contributed by atoms with E-state index in [1.807, 2.05) is 0 Å². The molecular weight excluding hydrogens is 400 g/mol. The van der Waals surface area contributed by atoms with Crippen molar-refractivity contribution in [3.8, 4) is 0 Å². The molecule has 29 heavy (non-hydrogen) atoms.